The summed E-state index contributed by atoms with van der Waals surface area (Å²) in [6.07, 6.45) is 8.59. The van der Waals surface area contributed by atoms with E-state index in [0.29, 0.717) is 11.5 Å². The number of nitrogens with one attached hydrogen (secondary N) is 1. The van der Waals surface area contributed by atoms with Gasteiger partial charge in [-0.25, -0.2) is 4.79 Å². The maximum absolute atomic E-state index is 10.7. The summed E-state index contributed by atoms with van der Waals surface area (Å²) in [5.41, 5.74) is 3.34. The summed E-state index contributed by atoms with van der Waals surface area (Å²) < 4.78 is 12.2. The van der Waals surface area contributed by atoms with Crippen molar-refractivity contribution in [2.45, 2.75) is 39.0 Å². The van der Waals surface area contributed by atoms with Crippen molar-refractivity contribution in [3.63, 3.8) is 0 Å². The number of halogens is 1. The zero-order valence-electron chi connectivity index (χ0n) is 16.3. The molecule has 1 saturated carbocycles. The van der Waals surface area contributed by atoms with E-state index in [2.05, 4.69) is 39.2 Å². The molecule has 1 aliphatic rings. The number of aliphatic carboxylic acids is 1. The Morgan fingerprint density at radius 2 is 2.00 bits per heavy atom. The summed E-state index contributed by atoms with van der Waals surface area (Å²) in [6.45, 7) is 1.54. The molecule has 1 heterocycles. The first-order valence-corrected chi connectivity index (χ1v) is 10.7. The van der Waals surface area contributed by atoms with Crippen molar-refractivity contribution in [1.29, 1.82) is 0 Å². The van der Waals surface area contributed by atoms with E-state index in [1.54, 1.807) is 12.1 Å². The normalized spacial score (nSPS) is 14.4. The molecule has 0 atom stereocenters. The lowest BCUT2D eigenvalue weighted by molar-refractivity contribution is -0.139. The van der Waals surface area contributed by atoms with Crippen LogP contribution >= 0.6 is 15.9 Å². The lowest BCUT2D eigenvalue weighted by Gasteiger charge is -2.14. The van der Waals surface area contributed by atoms with Gasteiger partial charge < -0.3 is 19.6 Å². The van der Waals surface area contributed by atoms with Crippen LogP contribution in [-0.4, -0.2) is 22.7 Å². The molecule has 152 valence electrons. The maximum Gasteiger partial charge on any atom is 0.341 e. The topological polar surface area (TPSA) is 71.6 Å². The molecule has 1 aliphatic carbocycles. The molecule has 0 bridgehead atoms. The number of aromatic amines is 1. The Morgan fingerprint density at radius 3 is 2.72 bits per heavy atom. The van der Waals surface area contributed by atoms with Crippen LogP contribution in [-0.2, 0) is 11.2 Å². The Hall–Kier alpha value is -2.47. The highest BCUT2D eigenvalue weighted by Gasteiger charge is 2.18. The number of H-pyrrole nitrogens is 1. The van der Waals surface area contributed by atoms with Gasteiger partial charge in [0.05, 0.1) is 4.47 Å². The minimum atomic E-state index is -1.01. The smallest absolute Gasteiger partial charge is 0.341 e. The van der Waals surface area contributed by atoms with Crippen LogP contribution in [0.5, 0.6) is 17.2 Å². The van der Waals surface area contributed by atoms with Gasteiger partial charge in [-0.2, -0.15) is 0 Å². The van der Waals surface area contributed by atoms with Gasteiger partial charge >= 0.3 is 5.97 Å². The molecule has 0 unspecified atom stereocenters. The van der Waals surface area contributed by atoms with E-state index >= 15 is 0 Å². The second-order valence-corrected chi connectivity index (χ2v) is 8.57. The number of rotatable bonds is 7. The first-order chi connectivity index (χ1) is 14.0. The number of carbonyl (C=O) groups is 1. The van der Waals surface area contributed by atoms with Crippen LogP contribution in [0.3, 0.4) is 0 Å². The minimum absolute atomic E-state index is 0.375. The minimum Gasteiger partial charge on any atom is -0.482 e. The third-order valence-corrected chi connectivity index (χ3v) is 6.10. The van der Waals surface area contributed by atoms with Crippen LogP contribution in [0, 0.1) is 12.8 Å². The van der Waals surface area contributed by atoms with Gasteiger partial charge in [-0.3, -0.25) is 0 Å². The molecule has 4 rings (SSSR count). The van der Waals surface area contributed by atoms with E-state index in [1.165, 1.54) is 36.6 Å². The average molecular weight is 458 g/mol. The summed E-state index contributed by atoms with van der Waals surface area (Å²) in [5.74, 6) is 1.73. The molecule has 2 aromatic carbocycles. The molecule has 6 heteroatoms. The van der Waals surface area contributed by atoms with Crippen LogP contribution in [0.4, 0.5) is 0 Å². The van der Waals surface area contributed by atoms with Gasteiger partial charge in [-0.1, -0.05) is 25.7 Å². The first kappa shape index (κ1) is 19.8. The van der Waals surface area contributed by atoms with E-state index in [0.717, 1.165) is 33.6 Å². The van der Waals surface area contributed by atoms with Gasteiger partial charge in [0, 0.05) is 17.1 Å². The molecule has 0 spiro atoms. The molecule has 29 heavy (non-hydrogen) atoms. The predicted molar refractivity (Wildman–Crippen MR) is 116 cm³/mol. The van der Waals surface area contributed by atoms with Gasteiger partial charge in [-0.15, -0.1) is 0 Å². The number of ether oxygens (including phenoxy) is 2. The fourth-order valence-corrected chi connectivity index (χ4v) is 4.71. The summed E-state index contributed by atoms with van der Waals surface area (Å²) in [6, 6.07) is 9.61. The summed E-state index contributed by atoms with van der Waals surface area (Å²) in [7, 11) is 0. The third-order valence-electron chi connectivity index (χ3n) is 5.51. The highest BCUT2D eigenvalue weighted by Crippen LogP contribution is 2.38. The Bertz CT molecular complexity index is 1010. The summed E-state index contributed by atoms with van der Waals surface area (Å²) in [4.78, 5) is 14.1. The molecule has 0 aliphatic heterocycles. The molecule has 1 aromatic heterocycles. The molecule has 2 N–H and O–H groups in total. The van der Waals surface area contributed by atoms with Gasteiger partial charge in [0.15, 0.2) is 6.61 Å². The predicted octanol–water partition coefficient (Wildman–Crippen LogP) is 6.23. The molecule has 0 amide bonds. The zero-order valence-corrected chi connectivity index (χ0v) is 17.9. The average Bonchev–Trinajstić information content (AvgIpc) is 3.33. The lowest BCUT2D eigenvalue weighted by Crippen LogP contribution is -2.09. The lowest BCUT2D eigenvalue weighted by atomic mass is 9.98. The molecule has 1 fully saturated rings. The highest BCUT2D eigenvalue weighted by molar-refractivity contribution is 9.10. The first-order valence-electron chi connectivity index (χ1n) is 9.92. The quantitative estimate of drug-likeness (QED) is 0.441. The van der Waals surface area contributed by atoms with Crippen LogP contribution in [0.25, 0.3) is 10.9 Å². The zero-order chi connectivity index (χ0) is 20.4. The van der Waals surface area contributed by atoms with E-state index < -0.39 is 5.97 Å². The van der Waals surface area contributed by atoms with Crippen LogP contribution in [0.15, 0.2) is 41.0 Å². The van der Waals surface area contributed by atoms with Crippen molar-refractivity contribution < 1.29 is 19.4 Å². The molecule has 3 aromatic rings. The summed E-state index contributed by atoms with van der Waals surface area (Å²) >= 11 is 3.52. The Labute approximate surface area is 178 Å². The van der Waals surface area contributed by atoms with Gasteiger partial charge in [0.2, 0.25) is 0 Å². The Morgan fingerprint density at radius 1 is 1.21 bits per heavy atom. The van der Waals surface area contributed by atoms with E-state index in [-0.39, 0.29) is 6.61 Å². The standard InChI is InChI=1S/C23H24BrNO4/c1-14-8-18(28-13-22(26)27)11-20(24)23(14)29-17-6-7-21-19(10-17)16(12-25-21)9-15-4-2-3-5-15/h6-8,10-12,15,25H,2-5,9,13H2,1H3,(H,26,27). The van der Waals surface area contributed by atoms with E-state index in [9.17, 15) is 4.79 Å². The molecule has 0 saturated heterocycles. The number of benzene rings is 2. The van der Waals surface area contributed by atoms with Crippen molar-refractivity contribution in [2.75, 3.05) is 6.61 Å². The van der Waals surface area contributed by atoms with E-state index in [1.807, 2.05) is 13.0 Å². The monoisotopic (exact) mass is 457 g/mol. The van der Waals surface area contributed by atoms with Crippen molar-refractivity contribution in [3.05, 3.63) is 52.1 Å². The maximum atomic E-state index is 10.7. The summed E-state index contributed by atoms with van der Waals surface area (Å²) in [5, 5.41) is 9.99. The molecular formula is C23H24BrNO4. The number of hydrogen-bond donors (Lipinski definition) is 2. The van der Waals surface area contributed by atoms with Crippen molar-refractivity contribution in [3.8, 4) is 17.2 Å². The largest absolute Gasteiger partial charge is 0.482 e. The van der Waals surface area contributed by atoms with Crippen LogP contribution < -0.4 is 9.47 Å². The van der Waals surface area contributed by atoms with E-state index in [4.69, 9.17) is 14.6 Å². The van der Waals surface area contributed by atoms with Crippen LogP contribution in [0.2, 0.25) is 0 Å². The molecular weight excluding hydrogens is 434 g/mol. The number of carboxylic acids is 1. The second-order valence-electron chi connectivity index (χ2n) is 7.71. The molecule has 0 radical (unpaired) electrons. The fourth-order valence-electron chi connectivity index (χ4n) is 4.09. The number of fused-ring (bicyclic) bond motifs is 1. The Balaban J connectivity index is 1.56. The Kier molecular flexibility index (Phi) is 5.81. The number of aryl methyl sites for hydroxylation is 1. The number of aromatic nitrogens is 1. The highest BCUT2D eigenvalue weighted by atomic mass is 79.9. The van der Waals surface area contributed by atoms with Gasteiger partial charge in [-0.05, 0) is 76.7 Å². The second kappa shape index (κ2) is 8.49. The van der Waals surface area contributed by atoms with Crippen molar-refractivity contribution >= 4 is 32.8 Å². The van der Waals surface area contributed by atoms with Crippen LogP contribution in [0.1, 0.15) is 36.8 Å². The fraction of sp³-hybridized carbons (Fsp3) is 0.348. The number of carboxylic acid groups (broad SMARTS) is 1. The van der Waals surface area contributed by atoms with Gasteiger partial charge in [0.1, 0.15) is 17.2 Å². The molecule has 5 nitrogen and oxygen atoms in total. The van der Waals surface area contributed by atoms with Crippen molar-refractivity contribution in [2.24, 2.45) is 5.92 Å². The third kappa shape index (κ3) is 4.58. The number of hydrogen-bond acceptors (Lipinski definition) is 3. The van der Waals surface area contributed by atoms with Gasteiger partial charge in [0.25, 0.3) is 0 Å². The van der Waals surface area contributed by atoms with Crippen molar-refractivity contribution in [1.82, 2.24) is 4.98 Å². The SMILES string of the molecule is Cc1cc(OCC(=O)O)cc(Br)c1Oc1ccc2[nH]cc(CC3CCCC3)c2c1.